The molecule has 0 heterocycles. The molecule has 0 saturated heterocycles. The molecule has 12 heteroatoms. The van der Waals surface area contributed by atoms with Crippen molar-refractivity contribution in [2.75, 3.05) is 17.3 Å². The Kier molecular flexibility index (Phi) is 18.3. The maximum atomic E-state index is 11.3. The summed E-state index contributed by atoms with van der Waals surface area (Å²) in [5.74, 6) is -0.734. The Morgan fingerprint density at radius 3 is 1.72 bits per heavy atom. The van der Waals surface area contributed by atoms with Gasteiger partial charge in [-0.25, -0.2) is 9.59 Å². The molecule has 0 unspecified atom stereocenters. The van der Waals surface area contributed by atoms with Gasteiger partial charge in [-0.15, -0.1) is 0 Å². The van der Waals surface area contributed by atoms with Gasteiger partial charge in [-0.3, -0.25) is 9.59 Å². The van der Waals surface area contributed by atoms with Crippen LogP contribution in [0.1, 0.15) is 59.8 Å². The van der Waals surface area contributed by atoms with E-state index in [0.29, 0.717) is 16.9 Å². The summed E-state index contributed by atoms with van der Waals surface area (Å²) < 4.78 is 0. The summed E-state index contributed by atoms with van der Waals surface area (Å²) in [4.78, 5) is 44.7. The minimum atomic E-state index is -1.05. The highest BCUT2D eigenvalue weighted by Gasteiger charge is 2.21. The Hall–Kier alpha value is -0.720. The zero-order valence-electron chi connectivity index (χ0n) is 19.1. The minimum Gasteiger partial charge on any atom is -0.480 e. The molecular formula is C20H36N2O6S4. The normalized spacial score (nSPS) is 13.9. The lowest BCUT2D eigenvalue weighted by atomic mass is 10.0. The lowest BCUT2D eigenvalue weighted by Crippen LogP contribution is -2.41. The summed E-state index contributed by atoms with van der Waals surface area (Å²) in [5.41, 5.74) is 0. The van der Waals surface area contributed by atoms with E-state index in [9.17, 15) is 24.3 Å². The smallest absolute Gasteiger partial charge is 0.327 e. The van der Waals surface area contributed by atoms with Gasteiger partial charge in [0, 0.05) is 36.4 Å². The molecule has 3 atom stereocenters. The van der Waals surface area contributed by atoms with Crippen molar-refractivity contribution in [3.8, 4) is 0 Å². The third kappa shape index (κ3) is 17.8. The Balaban J connectivity index is 4.49. The molecule has 186 valence electrons. The van der Waals surface area contributed by atoms with Gasteiger partial charge < -0.3 is 20.8 Å². The van der Waals surface area contributed by atoms with Crippen LogP contribution in [-0.4, -0.2) is 68.6 Å². The maximum Gasteiger partial charge on any atom is 0.327 e. The molecule has 4 N–H and O–H groups in total. The summed E-state index contributed by atoms with van der Waals surface area (Å²) in [5, 5.41) is 23.6. The van der Waals surface area contributed by atoms with Crippen molar-refractivity contribution in [3.05, 3.63) is 0 Å². The predicted molar refractivity (Wildman–Crippen MR) is 137 cm³/mol. The summed E-state index contributed by atoms with van der Waals surface area (Å²) >= 11 is 0. The van der Waals surface area contributed by atoms with Crippen molar-refractivity contribution in [1.29, 1.82) is 0 Å². The fourth-order valence-corrected chi connectivity index (χ4v) is 7.92. The fraction of sp³-hybridized carbons (Fsp3) is 0.800. The molecule has 0 aromatic carbocycles. The average molecular weight is 529 g/mol. The first-order valence-electron chi connectivity index (χ1n) is 10.5. The van der Waals surface area contributed by atoms with Crippen molar-refractivity contribution in [3.63, 3.8) is 0 Å². The summed E-state index contributed by atoms with van der Waals surface area (Å²) in [6, 6.07) is -1.80. The second kappa shape index (κ2) is 18.7. The van der Waals surface area contributed by atoms with E-state index in [2.05, 4.69) is 24.5 Å². The number of nitrogens with one attached hydrogen (secondary N) is 2. The Morgan fingerprint density at radius 2 is 1.25 bits per heavy atom. The third-order valence-electron chi connectivity index (χ3n) is 4.19. The first kappa shape index (κ1) is 31.3. The summed E-state index contributed by atoms with van der Waals surface area (Å²) in [6.45, 7) is 7.01. The van der Waals surface area contributed by atoms with Crippen molar-refractivity contribution >= 4 is 66.9 Å². The van der Waals surface area contributed by atoms with Crippen LogP contribution in [0.5, 0.6) is 0 Å². The SMILES string of the molecule is CC(=O)N[C@@H](CSSCC[C@@H](CCCCC(C)C)SSC[C@H](NC(C)=O)C(=O)O)C(=O)O. The molecular weight excluding hydrogens is 492 g/mol. The first-order chi connectivity index (χ1) is 15.0. The molecule has 0 radical (unpaired) electrons. The van der Waals surface area contributed by atoms with E-state index in [1.54, 1.807) is 21.6 Å². The number of hydrogen-bond donors (Lipinski definition) is 4. The van der Waals surface area contributed by atoms with Gasteiger partial charge in [-0.1, -0.05) is 76.3 Å². The average Bonchev–Trinajstić information content (AvgIpc) is 2.67. The van der Waals surface area contributed by atoms with Gasteiger partial charge in [0.1, 0.15) is 12.1 Å². The van der Waals surface area contributed by atoms with Crippen molar-refractivity contribution < 1.29 is 29.4 Å². The number of carbonyl (C=O) groups excluding carboxylic acids is 2. The highest BCUT2D eigenvalue weighted by Crippen LogP contribution is 2.35. The van der Waals surface area contributed by atoms with Gasteiger partial charge in [0.05, 0.1) is 0 Å². The summed E-state index contributed by atoms with van der Waals surface area (Å²) in [7, 11) is 6.13. The highest BCUT2D eigenvalue weighted by molar-refractivity contribution is 8.77. The van der Waals surface area contributed by atoms with E-state index in [0.717, 1.165) is 31.4 Å². The lowest BCUT2D eigenvalue weighted by Gasteiger charge is -2.18. The van der Waals surface area contributed by atoms with Gasteiger partial charge in [-0.05, 0) is 18.8 Å². The van der Waals surface area contributed by atoms with Crippen molar-refractivity contribution in [1.82, 2.24) is 10.6 Å². The second-order valence-corrected chi connectivity index (χ2v) is 13.1. The number of carbonyl (C=O) groups is 4. The molecule has 0 aliphatic rings. The number of hydrogen-bond acceptors (Lipinski definition) is 8. The third-order valence-corrected chi connectivity index (χ3v) is 9.62. The Morgan fingerprint density at radius 1 is 0.750 bits per heavy atom. The van der Waals surface area contributed by atoms with E-state index in [-0.39, 0.29) is 17.6 Å². The summed E-state index contributed by atoms with van der Waals surface area (Å²) in [6.07, 6.45) is 5.37. The standard InChI is InChI=1S/C20H36N2O6S4/c1-13(2)7-5-6-8-16(32-31-12-18(20(27)28)22-15(4)24)9-10-29-30-11-17(19(25)26)21-14(3)23/h13,16-18H,5-12H2,1-4H3,(H,21,23)(H,22,24)(H,25,26)(H,27,28)/t16-,17+,18+/m1/s1. The van der Waals surface area contributed by atoms with Crippen LogP contribution in [0.15, 0.2) is 0 Å². The van der Waals surface area contributed by atoms with Crippen LogP contribution in [0, 0.1) is 5.92 Å². The van der Waals surface area contributed by atoms with Gasteiger partial charge in [0.2, 0.25) is 11.8 Å². The van der Waals surface area contributed by atoms with Crippen molar-refractivity contribution in [2.45, 2.75) is 77.1 Å². The predicted octanol–water partition coefficient (Wildman–Crippen LogP) is 3.90. The molecule has 0 saturated carbocycles. The van der Waals surface area contributed by atoms with E-state index >= 15 is 0 Å². The lowest BCUT2D eigenvalue weighted by molar-refractivity contribution is -0.141. The van der Waals surface area contributed by atoms with Crippen LogP contribution in [0.4, 0.5) is 0 Å². The molecule has 0 aliphatic heterocycles. The van der Waals surface area contributed by atoms with E-state index in [1.807, 2.05) is 0 Å². The van der Waals surface area contributed by atoms with E-state index in [4.69, 9.17) is 5.11 Å². The molecule has 0 spiro atoms. The number of unbranched alkanes of at least 4 members (excludes halogenated alkanes) is 1. The first-order valence-corrected chi connectivity index (χ1v) is 15.4. The van der Waals surface area contributed by atoms with Crippen LogP contribution in [-0.2, 0) is 19.2 Å². The Bertz CT molecular complexity index is 594. The molecule has 0 aromatic rings. The zero-order chi connectivity index (χ0) is 24.5. The largest absolute Gasteiger partial charge is 0.480 e. The highest BCUT2D eigenvalue weighted by atomic mass is 33.1. The second-order valence-electron chi connectivity index (χ2n) is 7.76. The van der Waals surface area contributed by atoms with Crippen molar-refractivity contribution in [2.24, 2.45) is 5.92 Å². The molecule has 0 fully saturated rings. The van der Waals surface area contributed by atoms with Crippen LogP contribution in [0.2, 0.25) is 0 Å². The Labute approximate surface area is 206 Å². The number of amides is 2. The molecule has 0 aromatic heterocycles. The molecule has 0 bridgehead atoms. The molecule has 0 aliphatic carbocycles. The van der Waals surface area contributed by atoms with Crippen LogP contribution < -0.4 is 10.6 Å². The number of rotatable bonds is 19. The monoisotopic (exact) mass is 528 g/mol. The minimum absolute atomic E-state index is 0.289. The van der Waals surface area contributed by atoms with Gasteiger partial charge in [0.25, 0.3) is 0 Å². The van der Waals surface area contributed by atoms with Gasteiger partial charge >= 0.3 is 11.9 Å². The molecule has 2 amide bonds. The fourth-order valence-electron chi connectivity index (χ4n) is 2.56. The maximum absolute atomic E-state index is 11.3. The van der Waals surface area contributed by atoms with Crippen LogP contribution >= 0.6 is 43.2 Å². The van der Waals surface area contributed by atoms with Gasteiger partial charge in [-0.2, -0.15) is 0 Å². The number of carboxylic acids is 2. The van der Waals surface area contributed by atoms with E-state index in [1.165, 1.54) is 41.9 Å². The molecule has 0 rings (SSSR count). The molecule has 32 heavy (non-hydrogen) atoms. The van der Waals surface area contributed by atoms with E-state index < -0.39 is 24.0 Å². The van der Waals surface area contributed by atoms with Crippen LogP contribution in [0.3, 0.4) is 0 Å². The van der Waals surface area contributed by atoms with Crippen LogP contribution in [0.25, 0.3) is 0 Å². The zero-order valence-corrected chi connectivity index (χ0v) is 22.4. The topological polar surface area (TPSA) is 133 Å². The molecule has 8 nitrogen and oxygen atoms in total. The quantitative estimate of drug-likeness (QED) is 0.144. The number of aliphatic carboxylic acids is 2. The van der Waals surface area contributed by atoms with Gasteiger partial charge in [0.15, 0.2) is 0 Å². The number of carboxylic acid groups (broad SMARTS) is 2.